The molecule has 0 spiro atoms. The normalized spacial score (nSPS) is 13.3. The number of benzene rings is 1. The first kappa shape index (κ1) is 21.3. The van der Waals surface area contributed by atoms with Crippen LogP contribution in [0.1, 0.15) is 36.0 Å². The van der Waals surface area contributed by atoms with Gasteiger partial charge in [-0.1, -0.05) is 12.1 Å². The molecule has 140 valence electrons. The highest BCUT2D eigenvalue weighted by Gasteiger charge is 2.16. The van der Waals surface area contributed by atoms with Gasteiger partial charge in [0.15, 0.2) is 0 Å². The first-order chi connectivity index (χ1) is 11.6. The number of hydrogen-bond donors (Lipinski definition) is 5. The number of aryl methyl sites for hydroxylation is 1. The number of phosphoric ester groups is 1. The van der Waals surface area contributed by atoms with Crippen LogP contribution >= 0.6 is 7.82 Å². The first-order valence-corrected chi connectivity index (χ1v) is 9.14. The van der Waals surface area contributed by atoms with Crippen molar-refractivity contribution in [2.75, 3.05) is 6.54 Å². The van der Waals surface area contributed by atoms with Crippen molar-refractivity contribution in [1.29, 1.82) is 0 Å². The quantitative estimate of drug-likeness (QED) is 0.232. The van der Waals surface area contributed by atoms with Crippen molar-refractivity contribution >= 4 is 20.0 Å². The Labute approximate surface area is 145 Å². The third-order valence-electron chi connectivity index (χ3n) is 3.49. The lowest BCUT2D eigenvalue weighted by Gasteiger charge is -2.11. The first-order valence-electron chi connectivity index (χ1n) is 7.61. The predicted octanol–water partition coefficient (Wildman–Crippen LogP) is 1.31. The fraction of sp³-hybridized carbons (Fsp3) is 0.467. The second-order valence-electron chi connectivity index (χ2n) is 5.54. The molecule has 0 heterocycles. The van der Waals surface area contributed by atoms with E-state index in [9.17, 15) is 14.5 Å². The number of hydrogen-bond acceptors (Lipinski definition) is 6. The fourth-order valence-electron chi connectivity index (χ4n) is 2.03. The summed E-state index contributed by atoms with van der Waals surface area (Å²) in [6.45, 7) is 1.72. The molecule has 0 unspecified atom stereocenters. The van der Waals surface area contributed by atoms with Gasteiger partial charge < -0.3 is 25.7 Å². The molecule has 10 heteroatoms. The van der Waals surface area contributed by atoms with Crippen LogP contribution in [-0.4, -0.2) is 44.8 Å². The summed E-state index contributed by atoms with van der Waals surface area (Å²) in [6, 6.07) is 2.32. The van der Waals surface area contributed by atoms with E-state index in [4.69, 9.17) is 20.6 Å². The van der Waals surface area contributed by atoms with Crippen LogP contribution in [0.3, 0.4) is 0 Å². The van der Waals surface area contributed by atoms with Crippen LogP contribution in [0.25, 0.3) is 0 Å². The molecule has 0 saturated carbocycles. The Hall–Kier alpha value is -1.77. The standard InChI is InChI=1S/C15H23N2O7P/c1-10-5-6-11(9-24-25(21,22)23)12(14(10)18)8-17-7-3-2-4-13(16)15(19)20/h5-6,8,13,18H,2-4,7,9,16H2,1H3,(H,19,20)(H2,21,22,23)/t13-/m0/s1. The molecule has 25 heavy (non-hydrogen) atoms. The van der Waals surface area contributed by atoms with Crippen molar-refractivity contribution in [3.05, 3.63) is 28.8 Å². The number of carbonyl (C=O) groups is 1. The molecule has 1 rings (SSSR count). The van der Waals surface area contributed by atoms with Crippen molar-refractivity contribution in [1.82, 2.24) is 0 Å². The minimum Gasteiger partial charge on any atom is -0.507 e. The number of nitrogens with zero attached hydrogens (tertiary/aromatic N) is 1. The van der Waals surface area contributed by atoms with Crippen LogP contribution in [0.4, 0.5) is 0 Å². The number of phosphoric acid groups is 1. The van der Waals surface area contributed by atoms with E-state index >= 15 is 0 Å². The number of aliphatic carboxylic acids is 1. The molecule has 9 nitrogen and oxygen atoms in total. The van der Waals surface area contributed by atoms with Gasteiger partial charge in [-0.05, 0) is 37.3 Å². The number of rotatable bonds is 10. The Morgan fingerprint density at radius 1 is 1.40 bits per heavy atom. The highest BCUT2D eigenvalue weighted by Crippen LogP contribution is 2.38. The van der Waals surface area contributed by atoms with E-state index in [1.807, 2.05) is 0 Å². The van der Waals surface area contributed by atoms with Crippen molar-refractivity contribution in [2.24, 2.45) is 10.7 Å². The Bertz CT molecular complexity index is 672. The van der Waals surface area contributed by atoms with Crippen LogP contribution in [0, 0.1) is 6.92 Å². The van der Waals surface area contributed by atoms with Crippen LogP contribution in [0.2, 0.25) is 0 Å². The van der Waals surface area contributed by atoms with Crippen molar-refractivity contribution in [2.45, 2.75) is 38.8 Å². The summed E-state index contributed by atoms with van der Waals surface area (Å²) in [6.07, 6.45) is 2.98. The van der Waals surface area contributed by atoms with E-state index < -0.39 is 19.8 Å². The third kappa shape index (κ3) is 7.76. The molecule has 0 aromatic heterocycles. The SMILES string of the molecule is Cc1ccc(COP(=O)(O)O)c(C=NCCCC[C@H](N)C(=O)O)c1O. The molecular formula is C15H23N2O7P. The summed E-state index contributed by atoms with van der Waals surface area (Å²) in [4.78, 5) is 32.3. The molecule has 0 aliphatic carbocycles. The topological polar surface area (TPSA) is 163 Å². The number of phenols is 1. The second-order valence-corrected chi connectivity index (χ2v) is 6.78. The Balaban J connectivity index is 2.68. The van der Waals surface area contributed by atoms with Gasteiger partial charge in [0.2, 0.25) is 0 Å². The maximum absolute atomic E-state index is 10.8. The van der Waals surface area contributed by atoms with E-state index in [2.05, 4.69) is 9.52 Å². The molecule has 0 fully saturated rings. The van der Waals surface area contributed by atoms with Gasteiger partial charge in [-0.15, -0.1) is 0 Å². The lowest BCUT2D eigenvalue weighted by molar-refractivity contribution is -0.138. The van der Waals surface area contributed by atoms with Gasteiger partial charge in [0, 0.05) is 18.3 Å². The highest BCUT2D eigenvalue weighted by molar-refractivity contribution is 7.46. The zero-order valence-electron chi connectivity index (χ0n) is 13.8. The van der Waals surface area contributed by atoms with Gasteiger partial charge in [0.25, 0.3) is 0 Å². The summed E-state index contributed by atoms with van der Waals surface area (Å²) >= 11 is 0. The summed E-state index contributed by atoms with van der Waals surface area (Å²) in [7, 11) is -4.62. The van der Waals surface area contributed by atoms with Crippen molar-refractivity contribution < 1.29 is 33.9 Å². The largest absolute Gasteiger partial charge is 0.507 e. The predicted molar refractivity (Wildman–Crippen MR) is 91.6 cm³/mol. The molecule has 1 aromatic rings. The van der Waals surface area contributed by atoms with Crippen molar-refractivity contribution in [3.63, 3.8) is 0 Å². The summed E-state index contributed by atoms with van der Waals surface area (Å²) in [5.41, 5.74) is 6.71. The zero-order chi connectivity index (χ0) is 19.0. The van der Waals surface area contributed by atoms with Gasteiger partial charge in [-0.2, -0.15) is 0 Å². The fourth-order valence-corrected chi connectivity index (χ4v) is 2.34. The van der Waals surface area contributed by atoms with Crippen LogP contribution in [0.15, 0.2) is 17.1 Å². The summed E-state index contributed by atoms with van der Waals surface area (Å²) in [5, 5.41) is 18.8. The average molecular weight is 374 g/mol. The Morgan fingerprint density at radius 2 is 2.08 bits per heavy atom. The number of unbranched alkanes of at least 4 members (excludes halogenated alkanes) is 1. The molecule has 0 saturated heterocycles. The van der Waals surface area contributed by atoms with Gasteiger partial charge in [0.05, 0.1) is 6.61 Å². The average Bonchev–Trinajstić information content (AvgIpc) is 2.52. The zero-order valence-corrected chi connectivity index (χ0v) is 14.7. The maximum Gasteiger partial charge on any atom is 0.469 e. The Morgan fingerprint density at radius 3 is 2.68 bits per heavy atom. The maximum atomic E-state index is 10.8. The molecule has 0 amide bonds. The third-order valence-corrected chi connectivity index (χ3v) is 3.95. The van der Waals surface area contributed by atoms with Gasteiger partial charge >= 0.3 is 13.8 Å². The molecule has 0 bridgehead atoms. The number of carboxylic acid groups (broad SMARTS) is 1. The van der Waals surface area contributed by atoms with E-state index in [-0.39, 0.29) is 12.4 Å². The lowest BCUT2D eigenvalue weighted by atomic mass is 10.0. The molecule has 0 aliphatic rings. The number of aromatic hydroxyl groups is 1. The van der Waals surface area contributed by atoms with Crippen LogP contribution in [-0.2, 0) is 20.5 Å². The molecule has 1 aromatic carbocycles. The monoisotopic (exact) mass is 374 g/mol. The van der Waals surface area contributed by atoms with Gasteiger partial charge in [-0.3, -0.25) is 14.3 Å². The van der Waals surface area contributed by atoms with Gasteiger partial charge in [0.1, 0.15) is 11.8 Å². The lowest BCUT2D eigenvalue weighted by Crippen LogP contribution is -2.29. The highest BCUT2D eigenvalue weighted by atomic mass is 31.2. The minimum atomic E-state index is -4.62. The number of carboxylic acids is 1. The molecular weight excluding hydrogens is 351 g/mol. The molecule has 6 N–H and O–H groups in total. The number of nitrogens with two attached hydrogens (primary N) is 1. The minimum absolute atomic E-state index is 0.0385. The molecule has 0 radical (unpaired) electrons. The molecule has 0 aliphatic heterocycles. The van der Waals surface area contributed by atoms with Crippen molar-refractivity contribution in [3.8, 4) is 5.75 Å². The van der Waals surface area contributed by atoms with E-state index in [0.29, 0.717) is 42.5 Å². The van der Waals surface area contributed by atoms with E-state index in [1.165, 1.54) is 6.21 Å². The van der Waals surface area contributed by atoms with Gasteiger partial charge in [-0.25, -0.2) is 4.57 Å². The smallest absolute Gasteiger partial charge is 0.469 e. The number of aliphatic imine (C=N–C) groups is 1. The van der Waals surface area contributed by atoms with Crippen LogP contribution in [0.5, 0.6) is 5.75 Å². The number of phenolic OH excluding ortho intramolecular Hbond substituents is 1. The van der Waals surface area contributed by atoms with E-state index in [0.717, 1.165) is 0 Å². The second kappa shape index (κ2) is 9.65. The Kier molecular flexibility index (Phi) is 8.21. The summed E-state index contributed by atoms with van der Waals surface area (Å²) in [5.74, 6) is -1.08. The summed E-state index contributed by atoms with van der Waals surface area (Å²) < 4.78 is 15.3. The van der Waals surface area contributed by atoms with Crippen LogP contribution < -0.4 is 5.73 Å². The molecule has 1 atom stereocenters. The van der Waals surface area contributed by atoms with E-state index in [1.54, 1.807) is 19.1 Å².